The fourth-order valence-corrected chi connectivity index (χ4v) is 2.09. The van der Waals surface area contributed by atoms with E-state index in [0.29, 0.717) is 17.4 Å². The van der Waals surface area contributed by atoms with Gasteiger partial charge >= 0.3 is 0 Å². The van der Waals surface area contributed by atoms with E-state index in [0.717, 1.165) is 10.0 Å². The molecule has 0 spiro atoms. The normalized spacial score (nSPS) is 12.2. The van der Waals surface area contributed by atoms with Crippen LogP contribution in [0.5, 0.6) is 5.75 Å². The van der Waals surface area contributed by atoms with Crippen molar-refractivity contribution in [3.63, 3.8) is 0 Å². The first kappa shape index (κ1) is 17.4. The predicted molar refractivity (Wildman–Crippen MR) is 87.2 cm³/mol. The SMILES string of the molecule is [B]C([B])(NC)C([B])([B])Oc1c(C=O)cc(Br)c(C)c1C. The smallest absolute Gasteiger partial charge is 0.153 e. The molecule has 0 fully saturated rings. The first-order chi connectivity index (χ1) is 9.07. The summed E-state index contributed by atoms with van der Waals surface area (Å²) in [7, 11) is 24.7. The summed E-state index contributed by atoms with van der Waals surface area (Å²) in [5.41, 5.74) is 1.91. The fourth-order valence-electron chi connectivity index (χ4n) is 1.55. The minimum atomic E-state index is -1.91. The molecule has 8 heteroatoms. The molecule has 1 aromatic rings. The fraction of sp³-hybridized carbons (Fsp3) is 0.417. The van der Waals surface area contributed by atoms with Crippen molar-refractivity contribution < 1.29 is 9.53 Å². The number of carbonyl (C=O) groups is 1. The third kappa shape index (κ3) is 3.17. The van der Waals surface area contributed by atoms with Crippen LogP contribution in [-0.4, -0.2) is 55.5 Å². The molecule has 0 aliphatic rings. The lowest BCUT2D eigenvalue weighted by molar-refractivity contribution is 0.111. The maximum absolute atomic E-state index is 11.2. The Morgan fingerprint density at radius 1 is 1.25 bits per heavy atom. The van der Waals surface area contributed by atoms with Crippen molar-refractivity contribution in [1.82, 2.24) is 5.32 Å². The number of nitrogens with one attached hydrogen (secondary N) is 1. The van der Waals surface area contributed by atoms with Crippen LogP contribution in [0, 0.1) is 13.8 Å². The minimum Gasteiger partial charge on any atom is -0.506 e. The highest BCUT2D eigenvalue weighted by Gasteiger charge is 2.36. The van der Waals surface area contributed by atoms with Gasteiger partial charge in [-0.1, -0.05) is 15.9 Å². The van der Waals surface area contributed by atoms with Crippen molar-refractivity contribution in [1.29, 1.82) is 0 Å². The average Bonchev–Trinajstić information content (AvgIpc) is 2.38. The number of rotatable bonds is 5. The average molecular weight is 325 g/mol. The van der Waals surface area contributed by atoms with Crippen LogP contribution in [0.2, 0.25) is 0 Å². The molecule has 0 atom stereocenters. The van der Waals surface area contributed by atoms with Gasteiger partial charge in [0.25, 0.3) is 0 Å². The van der Waals surface area contributed by atoms with Crippen molar-refractivity contribution in [2.75, 3.05) is 7.05 Å². The molecule has 8 radical (unpaired) electrons. The van der Waals surface area contributed by atoms with E-state index in [1.165, 1.54) is 7.05 Å². The number of likely N-dealkylation sites (N-methyl/N-ethyl adjacent to an activating group) is 1. The molecule has 0 heterocycles. The summed E-state index contributed by atoms with van der Waals surface area (Å²) >= 11 is 3.37. The zero-order chi connectivity index (χ0) is 15.7. The van der Waals surface area contributed by atoms with Gasteiger partial charge in [0.15, 0.2) is 6.29 Å². The van der Waals surface area contributed by atoms with Crippen molar-refractivity contribution in [3.05, 3.63) is 27.2 Å². The highest BCUT2D eigenvalue weighted by molar-refractivity contribution is 9.10. The lowest BCUT2D eigenvalue weighted by atomic mass is 9.40. The molecule has 1 aromatic carbocycles. The van der Waals surface area contributed by atoms with Gasteiger partial charge in [0, 0.05) is 9.87 Å². The maximum atomic E-state index is 11.2. The highest BCUT2D eigenvalue weighted by Crippen LogP contribution is 2.33. The van der Waals surface area contributed by atoms with Crippen LogP contribution in [0.25, 0.3) is 0 Å². The Kier molecular flexibility index (Phi) is 5.25. The molecule has 0 aliphatic carbocycles. The van der Waals surface area contributed by atoms with E-state index in [-0.39, 0.29) is 5.75 Å². The van der Waals surface area contributed by atoms with E-state index < -0.39 is 10.7 Å². The second-order valence-electron chi connectivity index (χ2n) is 4.66. The summed E-state index contributed by atoms with van der Waals surface area (Å²) in [5, 5.41) is -1.02. The Hall–Kier alpha value is -0.610. The second kappa shape index (κ2) is 6.02. The molecule has 96 valence electrons. The topological polar surface area (TPSA) is 38.3 Å². The van der Waals surface area contributed by atoms with Gasteiger partial charge in [-0.3, -0.25) is 4.79 Å². The van der Waals surface area contributed by atoms with Gasteiger partial charge in [-0.2, -0.15) is 0 Å². The number of hydrogen-bond donors (Lipinski definition) is 1. The van der Waals surface area contributed by atoms with E-state index >= 15 is 0 Å². The van der Waals surface area contributed by atoms with Crippen molar-refractivity contribution in [2.24, 2.45) is 0 Å². The van der Waals surface area contributed by atoms with Crippen molar-refractivity contribution in [3.8, 4) is 5.75 Å². The van der Waals surface area contributed by atoms with Crippen LogP contribution >= 0.6 is 15.9 Å². The predicted octanol–water partition coefficient (Wildman–Crippen LogP) is 0.458. The van der Waals surface area contributed by atoms with Gasteiger partial charge in [0.2, 0.25) is 0 Å². The monoisotopic (exact) mass is 325 g/mol. The number of hydrogen-bond acceptors (Lipinski definition) is 3. The first-order valence-corrected chi connectivity index (χ1v) is 6.65. The second-order valence-corrected chi connectivity index (χ2v) is 5.51. The molecule has 0 saturated heterocycles. The van der Waals surface area contributed by atoms with E-state index in [1.807, 2.05) is 6.92 Å². The Morgan fingerprint density at radius 2 is 1.80 bits per heavy atom. The molecular formula is C12H12B4BrNO2. The number of benzene rings is 1. The van der Waals surface area contributed by atoms with Gasteiger partial charge in [-0.25, -0.2) is 0 Å². The number of carbonyl (C=O) groups excluding carboxylic acids is 1. The Balaban J connectivity index is 3.35. The number of ether oxygens (including phenoxy) is 1. The summed E-state index contributed by atoms with van der Waals surface area (Å²) in [5.74, 6) is 0.251. The molecule has 20 heavy (non-hydrogen) atoms. The van der Waals surface area contributed by atoms with Gasteiger partial charge < -0.3 is 10.1 Å². The third-order valence-electron chi connectivity index (χ3n) is 3.26. The summed E-state index contributed by atoms with van der Waals surface area (Å²) in [4.78, 5) is 11.2. The molecule has 0 aliphatic heterocycles. The van der Waals surface area contributed by atoms with Crippen LogP contribution in [0.4, 0.5) is 0 Å². The van der Waals surface area contributed by atoms with Crippen LogP contribution in [-0.2, 0) is 0 Å². The lowest BCUT2D eigenvalue weighted by Gasteiger charge is -2.45. The Bertz CT molecular complexity index is 535. The zero-order valence-electron chi connectivity index (χ0n) is 11.7. The van der Waals surface area contributed by atoms with E-state index in [2.05, 4.69) is 21.2 Å². The van der Waals surface area contributed by atoms with Crippen LogP contribution in [0.1, 0.15) is 21.5 Å². The van der Waals surface area contributed by atoms with Crippen LogP contribution in [0.3, 0.4) is 0 Å². The largest absolute Gasteiger partial charge is 0.506 e. The highest BCUT2D eigenvalue weighted by atomic mass is 79.9. The standard InChI is InChI=1S/C12H12B4BrNO2/c1-6-7(2)10(8(5-19)4-9(6)17)20-12(15,16)11(13,14)18-3/h4-5,18H,1-3H3. The van der Waals surface area contributed by atoms with E-state index in [1.54, 1.807) is 13.0 Å². The molecule has 0 unspecified atom stereocenters. The lowest BCUT2D eigenvalue weighted by Crippen LogP contribution is -2.67. The van der Waals surface area contributed by atoms with Crippen LogP contribution in [0.15, 0.2) is 10.5 Å². The third-order valence-corrected chi connectivity index (χ3v) is 4.09. The summed E-state index contributed by atoms with van der Waals surface area (Å²) < 4.78 is 6.32. The van der Waals surface area contributed by atoms with E-state index in [4.69, 9.17) is 36.1 Å². The Labute approximate surface area is 133 Å². The van der Waals surface area contributed by atoms with Gasteiger partial charge in [0.1, 0.15) is 21.4 Å². The van der Waals surface area contributed by atoms with Crippen molar-refractivity contribution >= 4 is 53.6 Å². The summed E-state index contributed by atoms with van der Waals surface area (Å²) in [6, 6.07) is 1.62. The molecular weight excluding hydrogens is 313 g/mol. The maximum Gasteiger partial charge on any atom is 0.153 e. The molecule has 0 saturated carbocycles. The molecule has 3 nitrogen and oxygen atoms in total. The quantitative estimate of drug-likeness (QED) is 0.631. The van der Waals surface area contributed by atoms with Crippen LogP contribution < -0.4 is 10.1 Å². The minimum absolute atomic E-state index is 0.251. The van der Waals surface area contributed by atoms with Gasteiger partial charge in [-0.05, 0) is 43.4 Å². The zero-order valence-corrected chi connectivity index (χ0v) is 13.2. The van der Waals surface area contributed by atoms with Gasteiger partial charge in [0.05, 0.1) is 21.3 Å². The van der Waals surface area contributed by atoms with Crippen molar-refractivity contribution in [2.45, 2.75) is 24.6 Å². The molecule has 0 bridgehead atoms. The molecule has 1 rings (SSSR count). The first-order valence-electron chi connectivity index (χ1n) is 5.85. The molecule has 0 aromatic heterocycles. The Morgan fingerprint density at radius 3 is 2.25 bits per heavy atom. The summed E-state index contributed by atoms with van der Waals surface area (Å²) in [6.07, 6.45) is 0.650. The molecule has 1 N–H and O–H groups in total. The number of halogens is 1. The van der Waals surface area contributed by atoms with Gasteiger partial charge in [-0.15, -0.1) is 0 Å². The van der Waals surface area contributed by atoms with E-state index in [9.17, 15) is 4.79 Å². The number of aldehydes is 1. The molecule has 0 amide bonds. The summed E-state index contributed by atoms with van der Waals surface area (Å²) in [6.45, 7) is 3.65.